The van der Waals surface area contributed by atoms with Gasteiger partial charge in [-0.05, 0) is 37.0 Å². The molecule has 1 aliphatic heterocycles. The van der Waals surface area contributed by atoms with E-state index in [-0.39, 0.29) is 11.8 Å². The fourth-order valence-corrected chi connectivity index (χ4v) is 2.76. The van der Waals surface area contributed by atoms with Crippen molar-refractivity contribution in [2.75, 3.05) is 5.32 Å². The average molecular weight is 284 g/mol. The molecule has 0 aromatic carbocycles. The number of aryl methyl sites for hydroxylation is 2. The number of carbonyl (C=O) groups is 1. The number of amides is 1. The monoisotopic (exact) mass is 284 g/mol. The van der Waals surface area contributed by atoms with Crippen LogP contribution in [-0.4, -0.2) is 20.7 Å². The molecule has 2 bridgehead atoms. The third kappa shape index (κ3) is 2.82. The highest BCUT2D eigenvalue weighted by atomic mass is 16.1. The number of nitrogens with one attached hydrogen (secondary N) is 1. The Morgan fingerprint density at radius 2 is 2.24 bits per heavy atom. The lowest BCUT2D eigenvalue weighted by Gasteiger charge is -2.14. The molecule has 1 unspecified atom stereocenters. The van der Waals surface area contributed by atoms with Gasteiger partial charge in [0.1, 0.15) is 5.69 Å². The molecule has 0 aliphatic carbocycles. The van der Waals surface area contributed by atoms with Crippen molar-refractivity contribution in [2.45, 2.75) is 32.6 Å². The van der Waals surface area contributed by atoms with Gasteiger partial charge in [0.05, 0.1) is 17.6 Å². The van der Waals surface area contributed by atoms with E-state index < -0.39 is 0 Å². The van der Waals surface area contributed by atoms with Gasteiger partial charge >= 0.3 is 0 Å². The van der Waals surface area contributed by atoms with E-state index in [4.69, 9.17) is 0 Å². The van der Waals surface area contributed by atoms with Gasteiger partial charge in [-0.3, -0.25) is 14.5 Å². The summed E-state index contributed by atoms with van der Waals surface area (Å²) in [7, 11) is 1.87. The van der Waals surface area contributed by atoms with Crippen molar-refractivity contribution in [3.8, 4) is 11.4 Å². The van der Waals surface area contributed by atoms with E-state index in [9.17, 15) is 4.79 Å². The standard InChI is InChI=1S/C16H20N4O/c1-11-5-3-4-6-12-7-8-17-13(9-12)15-14(19-16(11)21)10-18-20(15)2/h7-11H,3-6H2,1-2H3,(H,19,21). The minimum Gasteiger partial charge on any atom is -0.323 e. The first-order valence-corrected chi connectivity index (χ1v) is 7.43. The van der Waals surface area contributed by atoms with Gasteiger partial charge in [0.15, 0.2) is 0 Å². The van der Waals surface area contributed by atoms with Crippen LogP contribution in [0.5, 0.6) is 0 Å². The predicted octanol–water partition coefficient (Wildman–Crippen LogP) is 2.78. The predicted molar refractivity (Wildman–Crippen MR) is 81.8 cm³/mol. The Bertz CT molecular complexity index is 662. The zero-order valence-corrected chi connectivity index (χ0v) is 12.5. The van der Waals surface area contributed by atoms with Gasteiger partial charge in [-0.2, -0.15) is 5.10 Å². The molecule has 0 saturated heterocycles. The Kier molecular flexibility index (Phi) is 3.73. The number of carbonyl (C=O) groups excluding carboxylic acids is 1. The van der Waals surface area contributed by atoms with Crippen molar-refractivity contribution in [1.29, 1.82) is 0 Å². The lowest BCUT2D eigenvalue weighted by atomic mass is 9.99. The van der Waals surface area contributed by atoms with E-state index in [1.807, 2.05) is 20.2 Å². The third-order valence-electron chi connectivity index (χ3n) is 4.06. The van der Waals surface area contributed by atoms with E-state index in [0.717, 1.165) is 42.8 Å². The maximum atomic E-state index is 12.3. The highest BCUT2D eigenvalue weighted by Gasteiger charge is 2.19. The number of aromatic nitrogens is 3. The number of hydrogen-bond donors (Lipinski definition) is 1. The van der Waals surface area contributed by atoms with E-state index in [1.165, 1.54) is 5.56 Å². The summed E-state index contributed by atoms with van der Waals surface area (Å²) >= 11 is 0. The molecule has 21 heavy (non-hydrogen) atoms. The molecule has 0 fully saturated rings. The molecule has 3 rings (SSSR count). The largest absolute Gasteiger partial charge is 0.323 e. The zero-order valence-electron chi connectivity index (χ0n) is 12.5. The number of anilines is 1. The van der Waals surface area contributed by atoms with E-state index >= 15 is 0 Å². The molecule has 1 N–H and O–H groups in total. The summed E-state index contributed by atoms with van der Waals surface area (Å²) in [6.07, 6.45) is 7.62. The number of rotatable bonds is 0. The molecule has 1 amide bonds. The first kappa shape index (κ1) is 13.8. The summed E-state index contributed by atoms with van der Waals surface area (Å²) in [6, 6.07) is 4.16. The Hall–Kier alpha value is -2.17. The minimum atomic E-state index is 0.0174. The molecular weight excluding hydrogens is 264 g/mol. The topological polar surface area (TPSA) is 59.8 Å². The lowest BCUT2D eigenvalue weighted by molar-refractivity contribution is -0.119. The summed E-state index contributed by atoms with van der Waals surface area (Å²) in [5.41, 5.74) is 3.74. The van der Waals surface area contributed by atoms with Gasteiger partial charge in [-0.25, -0.2) is 0 Å². The van der Waals surface area contributed by atoms with Crippen LogP contribution < -0.4 is 5.32 Å². The Morgan fingerprint density at radius 1 is 1.38 bits per heavy atom. The quantitative estimate of drug-likeness (QED) is 0.809. The summed E-state index contributed by atoms with van der Waals surface area (Å²) < 4.78 is 1.76. The molecule has 2 aromatic heterocycles. The fraction of sp³-hybridized carbons (Fsp3) is 0.438. The van der Waals surface area contributed by atoms with Crippen LogP contribution in [0, 0.1) is 5.92 Å². The Balaban J connectivity index is 2.07. The van der Waals surface area contributed by atoms with Gasteiger partial charge in [-0.15, -0.1) is 0 Å². The molecule has 0 radical (unpaired) electrons. The average Bonchev–Trinajstić information content (AvgIpc) is 2.83. The third-order valence-corrected chi connectivity index (χ3v) is 4.06. The van der Waals surface area contributed by atoms with Crippen LogP contribution >= 0.6 is 0 Å². The van der Waals surface area contributed by atoms with Crippen LogP contribution in [0.15, 0.2) is 24.5 Å². The second-order valence-electron chi connectivity index (χ2n) is 5.72. The van der Waals surface area contributed by atoms with Crippen LogP contribution in [0.4, 0.5) is 5.69 Å². The lowest BCUT2D eigenvalue weighted by Crippen LogP contribution is -2.21. The highest BCUT2D eigenvalue weighted by Crippen LogP contribution is 2.28. The van der Waals surface area contributed by atoms with E-state index in [2.05, 4.69) is 27.5 Å². The summed E-state index contributed by atoms with van der Waals surface area (Å²) in [6.45, 7) is 1.98. The molecular formula is C16H20N4O. The van der Waals surface area contributed by atoms with Crippen molar-refractivity contribution in [2.24, 2.45) is 13.0 Å². The maximum absolute atomic E-state index is 12.3. The van der Waals surface area contributed by atoms with E-state index in [1.54, 1.807) is 10.9 Å². The molecule has 5 nitrogen and oxygen atoms in total. The summed E-state index contributed by atoms with van der Waals surface area (Å²) in [5.74, 6) is 0.0739. The van der Waals surface area contributed by atoms with E-state index in [0.29, 0.717) is 0 Å². The number of nitrogens with zero attached hydrogens (tertiary/aromatic N) is 3. The van der Waals surface area contributed by atoms with Gasteiger partial charge in [-0.1, -0.05) is 13.3 Å². The Labute approximate surface area is 124 Å². The first-order chi connectivity index (χ1) is 10.1. The van der Waals surface area contributed by atoms with Crippen molar-refractivity contribution < 1.29 is 4.79 Å². The van der Waals surface area contributed by atoms with Crippen molar-refractivity contribution in [3.63, 3.8) is 0 Å². The molecule has 0 saturated carbocycles. The van der Waals surface area contributed by atoms with Crippen LogP contribution in [0.1, 0.15) is 31.7 Å². The fourth-order valence-electron chi connectivity index (χ4n) is 2.76. The molecule has 5 heteroatoms. The smallest absolute Gasteiger partial charge is 0.227 e. The van der Waals surface area contributed by atoms with Crippen molar-refractivity contribution >= 4 is 11.6 Å². The summed E-state index contributed by atoms with van der Waals surface area (Å²) in [5, 5.41) is 7.26. The SMILES string of the molecule is CC1CCCCc2ccnc(c2)-c2c(cnn2C)NC1=O. The zero-order chi connectivity index (χ0) is 14.8. The normalized spacial score (nSPS) is 19.1. The molecule has 2 aromatic rings. The number of pyridine rings is 1. The van der Waals surface area contributed by atoms with Crippen molar-refractivity contribution in [3.05, 3.63) is 30.1 Å². The van der Waals surface area contributed by atoms with Crippen LogP contribution in [0.3, 0.4) is 0 Å². The number of hydrogen-bond acceptors (Lipinski definition) is 3. The van der Waals surface area contributed by atoms with Crippen LogP contribution in [0.2, 0.25) is 0 Å². The van der Waals surface area contributed by atoms with Gasteiger partial charge < -0.3 is 5.32 Å². The minimum absolute atomic E-state index is 0.0174. The van der Waals surface area contributed by atoms with Gasteiger partial charge in [0.2, 0.25) is 5.91 Å². The maximum Gasteiger partial charge on any atom is 0.227 e. The summed E-state index contributed by atoms with van der Waals surface area (Å²) in [4.78, 5) is 16.7. The highest BCUT2D eigenvalue weighted by molar-refractivity contribution is 5.95. The second-order valence-corrected chi connectivity index (χ2v) is 5.72. The molecule has 110 valence electrons. The van der Waals surface area contributed by atoms with Gasteiger partial charge in [0, 0.05) is 19.2 Å². The molecule has 1 atom stereocenters. The van der Waals surface area contributed by atoms with Crippen molar-refractivity contribution in [1.82, 2.24) is 14.8 Å². The Morgan fingerprint density at radius 3 is 3.10 bits per heavy atom. The van der Waals surface area contributed by atoms with Gasteiger partial charge in [0.25, 0.3) is 0 Å². The first-order valence-electron chi connectivity index (χ1n) is 7.43. The van der Waals surface area contributed by atoms with Crippen LogP contribution in [-0.2, 0) is 18.3 Å². The molecule has 3 heterocycles. The molecule has 0 spiro atoms. The second kappa shape index (κ2) is 5.68. The number of fused-ring (bicyclic) bond motifs is 4. The van der Waals surface area contributed by atoms with Crippen LogP contribution in [0.25, 0.3) is 11.4 Å². The molecule has 1 aliphatic rings.